The molecule has 7 nitrogen and oxygen atoms in total. The molecule has 0 unspecified atom stereocenters. The van der Waals surface area contributed by atoms with E-state index in [1.807, 2.05) is 13.8 Å². The number of primary amides is 1. The molecule has 0 saturated heterocycles. The number of carbonyl (C=O) groups is 2. The molecule has 0 aliphatic carbocycles. The highest BCUT2D eigenvalue weighted by Gasteiger charge is 2.24. The Labute approximate surface area is 151 Å². The molecule has 2 amide bonds. The Morgan fingerprint density at radius 2 is 2.08 bits per heavy atom. The maximum Gasteiger partial charge on any atom is 0.240 e. The van der Waals surface area contributed by atoms with E-state index in [-0.39, 0.29) is 18.2 Å². The fraction of sp³-hybridized carbons (Fsp3) is 0.688. The highest BCUT2D eigenvalue weighted by molar-refractivity contribution is 9.10. The topological polar surface area (TPSA) is 93.2 Å². The lowest BCUT2D eigenvalue weighted by molar-refractivity contribution is -0.127. The molecule has 1 aromatic heterocycles. The first-order chi connectivity index (χ1) is 11.3. The van der Waals surface area contributed by atoms with E-state index in [2.05, 4.69) is 42.7 Å². The predicted molar refractivity (Wildman–Crippen MR) is 95.2 cm³/mol. The van der Waals surface area contributed by atoms with E-state index in [0.29, 0.717) is 6.42 Å². The minimum Gasteiger partial charge on any atom is -0.368 e. The molecular formula is C16H26BrN5O2. The van der Waals surface area contributed by atoms with Crippen LogP contribution in [0.25, 0.3) is 0 Å². The van der Waals surface area contributed by atoms with Gasteiger partial charge in [0, 0.05) is 13.1 Å². The van der Waals surface area contributed by atoms with E-state index in [4.69, 9.17) is 5.73 Å². The standard InChI is InChI=1S/C16H26BrN5O2/c1-10(2)7-12(15(18)24)19-14(23)8-11-13-9-21(3)5-4-6-22(13)16(17)20-11/h10,12H,4-9H2,1-3H3,(H2,18,24)(H,19,23)/t12-/m0/s1. The van der Waals surface area contributed by atoms with Gasteiger partial charge in [0.25, 0.3) is 0 Å². The average Bonchev–Trinajstić information content (AvgIpc) is 2.64. The van der Waals surface area contributed by atoms with E-state index in [9.17, 15) is 9.59 Å². The maximum absolute atomic E-state index is 12.4. The van der Waals surface area contributed by atoms with Gasteiger partial charge in [0.05, 0.1) is 17.8 Å². The second-order valence-electron chi connectivity index (χ2n) is 6.85. The van der Waals surface area contributed by atoms with E-state index in [0.717, 1.165) is 42.2 Å². The molecule has 0 aromatic carbocycles. The van der Waals surface area contributed by atoms with Crippen molar-refractivity contribution in [3.63, 3.8) is 0 Å². The number of fused-ring (bicyclic) bond motifs is 1. The third-order valence-corrected chi connectivity index (χ3v) is 4.77. The first kappa shape index (κ1) is 18.9. The molecule has 1 aromatic rings. The molecule has 3 N–H and O–H groups in total. The number of rotatable bonds is 6. The third-order valence-electron chi connectivity index (χ3n) is 4.16. The number of hydrogen-bond acceptors (Lipinski definition) is 4. The summed E-state index contributed by atoms with van der Waals surface area (Å²) in [5, 5.41) is 2.75. The Kier molecular flexibility index (Phi) is 6.40. The van der Waals surface area contributed by atoms with Crippen LogP contribution in [0.1, 0.15) is 38.1 Å². The van der Waals surface area contributed by atoms with Crippen LogP contribution in [0.4, 0.5) is 0 Å². The van der Waals surface area contributed by atoms with Crippen LogP contribution in [0, 0.1) is 5.92 Å². The third kappa shape index (κ3) is 4.80. The molecule has 0 fully saturated rings. The zero-order valence-electron chi connectivity index (χ0n) is 14.5. The molecule has 0 radical (unpaired) electrons. The van der Waals surface area contributed by atoms with Crippen molar-refractivity contribution in [3.05, 3.63) is 16.1 Å². The van der Waals surface area contributed by atoms with Crippen LogP contribution < -0.4 is 11.1 Å². The van der Waals surface area contributed by atoms with Crippen LogP contribution in [0.3, 0.4) is 0 Å². The molecule has 0 bridgehead atoms. The molecule has 8 heteroatoms. The van der Waals surface area contributed by atoms with Crippen molar-refractivity contribution in [3.8, 4) is 0 Å². The molecule has 0 spiro atoms. The minimum absolute atomic E-state index is 0.149. The number of amides is 2. The van der Waals surface area contributed by atoms with Crippen molar-refractivity contribution < 1.29 is 9.59 Å². The highest BCUT2D eigenvalue weighted by Crippen LogP contribution is 2.22. The van der Waals surface area contributed by atoms with E-state index >= 15 is 0 Å². The summed E-state index contributed by atoms with van der Waals surface area (Å²) >= 11 is 3.48. The average molecular weight is 400 g/mol. The lowest BCUT2D eigenvalue weighted by Crippen LogP contribution is -2.45. The highest BCUT2D eigenvalue weighted by atomic mass is 79.9. The summed E-state index contributed by atoms with van der Waals surface area (Å²) in [6.07, 6.45) is 1.73. The van der Waals surface area contributed by atoms with Crippen LogP contribution >= 0.6 is 15.9 Å². The summed E-state index contributed by atoms with van der Waals surface area (Å²) in [5.41, 5.74) is 7.20. The Hall–Kier alpha value is -1.41. The summed E-state index contributed by atoms with van der Waals surface area (Å²) in [4.78, 5) is 30.6. The monoisotopic (exact) mass is 399 g/mol. The number of nitrogens with one attached hydrogen (secondary N) is 1. The Balaban J connectivity index is 2.10. The summed E-state index contributed by atoms with van der Waals surface area (Å²) in [6, 6.07) is -0.634. The smallest absolute Gasteiger partial charge is 0.240 e. The molecule has 1 aliphatic heterocycles. The van der Waals surface area contributed by atoms with Crippen LogP contribution in [-0.2, 0) is 29.1 Å². The first-order valence-electron chi connectivity index (χ1n) is 8.29. The van der Waals surface area contributed by atoms with Gasteiger partial charge >= 0.3 is 0 Å². The molecule has 1 aliphatic rings. The minimum atomic E-state index is -0.634. The van der Waals surface area contributed by atoms with Gasteiger partial charge in [-0.1, -0.05) is 13.8 Å². The number of nitrogens with two attached hydrogens (primary N) is 1. The van der Waals surface area contributed by atoms with Gasteiger partial charge in [0.15, 0.2) is 4.73 Å². The van der Waals surface area contributed by atoms with Crippen molar-refractivity contribution >= 4 is 27.7 Å². The van der Waals surface area contributed by atoms with Gasteiger partial charge in [-0.25, -0.2) is 4.98 Å². The lowest BCUT2D eigenvalue weighted by Gasteiger charge is -2.17. The molecule has 24 heavy (non-hydrogen) atoms. The van der Waals surface area contributed by atoms with Crippen LogP contribution in [0.5, 0.6) is 0 Å². The number of imidazole rings is 1. The number of hydrogen-bond donors (Lipinski definition) is 2. The van der Waals surface area contributed by atoms with E-state index in [1.54, 1.807) is 0 Å². The van der Waals surface area contributed by atoms with Gasteiger partial charge in [-0.2, -0.15) is 0 Å². The lowest BCUT2D eigenvalue weighted by atomic mass is 10.0. The molecule has 2 rings (SSSR count). The maximum atomic E-state index is 12.4. The van der Waals surface area contributed by atoms with E-state index < -0.39 is 11.9 Å². The van der Waals surface area contributed by atoms with Crippen molar-refractivity contribution in [2.24, 2.45) is 11.7 Å². The van der Waals surface area contributed by atoms with E-state index in [1.165, 1.54) is 0 Å². The van der Waals surface area contributed by atoms with Crippen molar-refractivity contribution in [1.29, 1.82) is 0 Å². The summed E-state index contributed by atoms with van der Waals surface area (Å²) in [6.45, 7) is 6.63. The van der Waals surface area contributed by atoms with Crippen molar-refractivity contribution in [2.75, 3.05) is 13.6 Å². The fourth-order valence-electron chi connectivity index (χ4n) is 3.00. The Morgan fingerprint density at radius 3 is 2.71 bits per heavy atom. The number of carbonyl (C=O) groups excluding carboxylic acids is 2. The van der Waals surface area contributed by atoms with Gasteiger partial charge in [-0.15, -0.1) is 0 Å². The second-order valence-corrected chi connectivity index (χ2v) is 7.56. The zero-order chi connectivity index (χ0) is 17.9. The summed E-state index contributed by atoms with van der Waals surface area (Å²) in [5.74, 6) is -0.448. The Morgan fingerprint density at radius 1 is 1.38 bits per heavy atom. The van der Waals surface area contributed by atoms with Crippen molar-refractivity contribution in [2.45, 2.75) is 52.2 Å². The predicted octanol–water partition coefficient (Wildman–Crippen LogP) is 1.04. The SMILES string of the molecule is CC(C)C[C@H](NC(=O)Cc1nc(Br)n2c1CN(C)CCC2)C(N)=O. The fourth-order valence-corrected chi connectivity index (χ4v) is 3.60. The van der Waals surface area contributed by atoms with Gasteiger partial charge in [-0.05, 0) is 48.3 Å². The first-order valence-corrected chi connectivity index (χ1v) is 9.08. The number of halogens is 1. The molecule has 0 saturated carbocycles. The van der Waals surface area contributed by atoms with Crippen molar-refractivity contribution in [1.82, 2.24) is 19.8 Å². The molecule has 134 valence electrons. The molecule has 2 heterocycles. The number of aromatic nitrogens is 2. The zero-order valence-corrected chi connectivity index (χ0v) is 16.1. The molecular weight excluding hydrogens is 374 g/mol. The quantitative estimate of drug-likeness (QED) is 0.746. The van der Waals surface area contributed by atoms with Gasteiger partial charge in [-0.3, -0.25) is 9.59 Å². The van der Waals surface area contributed by atoms with Gasteiger partial charge in [0.2, 0.25) is 11.8 Å². The molecule has 1 atom stereocenters. The summed E-state index contributed by atoms with van der Waals surface area (Å²) < 4.78 is 2.87. The van der Waals surface area contributed by atoms with Crippen LogP contribution in [0.15, 0.2) is 4.73 Å². The largest absolute Gasteiger partial charge is 0.368 e. The second kappa shape index (κ2) is 8.11. The number of nitrogens with zero attached hydrogens (tertiary/aromatic N) is 3. The van der Waals surface area contributed by atoms with Crippen LogP contribution in [0.2, 0.25) is 0 Å². The van der Waals surface area contributed by atoms with Crippen LogP contribution in [-0.4, -0.2) is 45.9 Å². The Bertz CT molecular complexity index is 614. The summed E-state index contributed by atoms with van der Waals surface area (Å²) in [7, 11) is 2.06. The van der Waals surface area contributed by atoms with Gasteiger partial charge < -0.3 is 20.5 Å². The van der Waals surface area contributed by atoms with Gasteiger partial charge in [0.1, 0.15) is 6.04 Å². The normalized spacial score (nSPS) is 16.5.